The molecule has 0 radical (unpaired) electrons. The van der Waals surface area contributed by atoms with Gasteiger partial charge in [0.1, 0.15) is 0 Å². The third-order valence-corrected chi connectivity index (χ3v) is 1.13. The molecular weight excluding hydrogens is 184 g/mol. The molecule has 1 aromatic heterocycles. The number of aromatic nitrogens is 2. The largest absolute Gasteiger partial charge is 0.703 e. The lowest BCUT2D eigenvalue weighted by atomic mass is 10.2. The van der Waals surface area contributed by atoms with Crippen molar-refractivity contribution in [3.05, 3.63) is 24.3 Å². The van der Waals surface area contributed by atoms with Crippen LogP contribution in [0.1, 0.15) is 5.82 Å². The summed E-state index contributed by atoms with van der Waals surface area (Å²) in [7, 11) is -5.16. The SMILES string of the molecule is N/C(=[NH+]\[B-](F)(F)F)c1ncccn1. The van der Waals surface area contributed by atoms with Gasteiger partial charge in [0.2, 0.25) is 5.82 Å². The molecule has 0 unspecified atom stereocenters. The van der Waals surface area contributed by atoms with Crippen LogP contribution in [0.25, 0.3) is 0 Å². The monoisotopic (exact) mass is 190 g/mol. The molecule has 0 aromatic carbocycles. The van der Waals surface area contributed by atoms with Crippen molar-refractivity contribution < 1.29 is 17.9 Å². The van der Waals surface area contributed by atoms with Gasteiger partial charge < -0.3 is 17.9 Å². The van der Waals surface area contributed by atoms with E-state index in [-0.39, 0.29) is 5.82 Å². The Morgan fingerprint density at radius 3 is 2.31 bits per heavy atom. The normalized spacial score (nSPS) is 13.0. The van der Waals surface area contributed by atoms with E-state index in [0.29, 0.717) is 0 Å². The molecule has 0 aliphatic rings. The van der Waals surface area contributed by atoms with Gasteiger partial charge in [-0.2, -0.15) is 0 Å². The molecule has 0 bridgehead atoms. The van der Waals surface area contributed by atoms with E-state index in [0.717, 1.165) is 0 Å². The predicted molar refractivity (Wildman–Crippen MR) is 40.4 cm³/mol. The summed E-state index contributed by atoms with van der Waals surface area (Å²) in [5.74, 6) is -0.755. The van der Waals surface area contributed by atoms with Gasteiger partial charge in [-0.05, 0) is 6.07 Å². The summed E-state index contributed by atoms with van der Waals surface area (Å²) < 4.78 is 35.4. The van der Waals surface area contributed by atoms with Crippen molar-refractivity contribution in [2.24, 2.45) is 5.73 Å². The Balaban J connectivity index is 2.92. The first-order valence-corrected chi connectivity index (χ1v) is 3.36. The van der Waals surface area contributed by atoms with Crippen LogP contribution in [0.3, 0.4) is 0 Å². The van der Waals surface area contributed by atoms with Crippen molar-refractivity contribution >= 4 is 12.9 Å². The fourth-order valence-corrected chi connectivity index (χ4v) is 0.679. The smallest absolute Gasteiger partial charge is 0.405 e. The average molecular weight is 190 g/mol. The summed E-state index contributed by atoms with van der Waals surface area (Å²) in [6, 6.07) is 1.48. The minimum Gasteiger partial charge on any atom is -0.405 e. The second-order valence-electron chi connectivity index (χ2n) is 2.21. The van der Waals surface area contributed by atoms with Crippen LogP contribution in [0.5, 0.6) is 0 Å². The van der Waals surface area contributed by atoms with Crippen LogP contribution in [-0.4, -0.2) is 22.9 Å². The Hall–Kier alpha value is -1.60. The van der Waals surface area contributed by atoms with E-state index in [1.165, 1.54) is 23.4 Å². The minimum atomic E-state index is -5.16. The zero-order valence-corrected chi connectivity index (χ0v) is 6.42. The molecule has 0 saturated heterocycles. The van der Waals surface area contributed by atoms with Gasteiger partial charge in [-0.15, -0.1) is 0 Å². The fraction of sp³-hybridized carbons (Fsp3) is 0. The van der Waals surface area contributed by atoms with E-state index < -0.39 is 12.9 Å². The van der Waals surface area contributed by atoms with Crippen molar-refractivity contribution in [2.45, 2.75) is 0 Å². The summed E-state index contributed by atoms with van der Waals surface area (Å²) in [4.78, 5) is 8.24. The molecule has 3 N–H and O–H groups in total. The Kier molecular flexibility index (Phi) is 2.50. The van der Waals surface area contributed by atoms with E-state index in [2.05, 4.69) is 9.97 Å². The molecule has 0 atom stereocenters. The average Bonchev–Trinajstić information content (AvgIpc) is 2.03. The zero-order chi connectivity index (χ0) is 9.90. The van der Waals surface area contributed by atoms with Crippen LogP contribution in [0.4, 0.5) is 12.9 Å². The van der Waals surface area contributed by atoms with Crippen LogP contribution >= 0.6 is 0 Å². The number of halogens is 3. The maximum atomic E-state index is 11.8. The molecule has 0 spiro atoms. The van der Waals surface area contributed by atoms with E-state index in [4.69, 9.17) is 5.73 Å². The van der Waals surface area contributed by atoms with Crippen LogP contribution in [0, 0.1) is 0 Å². The second kappa shape index (κ2) is 3.42. The molecule has 0 amide bonds. The molecular formula is C5H6BF3N4. The highest BCUT2D eigenvalue weighted by Gasteiger charge is 2.29. The molecule has 1 aromatic rings. The Morgan fingerprint density at radius 1 is 1.31 bits per heavy atom. The highest BCUT2D eigenvalue weighted by atomic mass is 19.4. The fourth-order valence-electron chi connectivity index (χ4n) is 0.679. The minimum absolute atomic E-state index is 0.165. The van der Waals surface area contributed by atoms with Gasteiger partial charge in [0.25, 0.3) is 5.84 Å². The van der Waals surface area contributed by atoms with Crippen molar-refractivity contribution in [3.63, 3.8) is 0 Å². The van der Waals surface area contributed by atoms with Gasteiger partial charge >= 0.3 is 7.11 Å². The lowest BCUT2D eigenvalue weighted by molar-refractivity contribution is -0.352. The summed E-state index contributed by atoms with van der Waals surface area (Å²) in [6.07, 6.45) is 2.61. The molecule has 13 heavy (non-hydrogen) atoms. The quantitative estimate of drug-likeness (QED) is 0.342. The predicted octanol–water partition coefficient (Wildman–Crippen LogP) is -1.39. The number of amidine groups is 1. The Bertz CT molecular complexity index is 309. The molecule has 1 heterocycles. The first kappa shape index (κ1) is 9.49. The van der Waals surface area contributed by atoms with Crippen molar-refractivity contribution in [2.75, 3.05) is 0 Å². The number of nitrogens with zero attached hydrogens (tertiary/aromatic N) is 2. The number of hydrogen-bond donors (Lipinski definition) is 2. The third kappa shape index (κ3) is 3.10. The molecule has 0 aliphatic heterocycles. The Labute approximate surface area is 71.8 Å². The second-order valence-corrected chi connectivity index (χ2v) is 2.21. The molecule has 4 nitrogen and oxygen atoms in total. The zero-order valence-electron chi connectivity index (χ0n) is 6.42. The molecule has 1 rings (SSSR count). The molecule has 0 fully saturated rings. The standard InChI is InChI=1S/C5H6BF3N4/c7-6(8,9)13-4(10)5-11-2-1-3-12-5/h1-3,13H,10H2/b13-4-. The van der Waals surface area contributed by atoms with Gasteiger partial charge in [0.15, 0.2) is 0 Å². The van der Waals surface area contributed by atoms with Gasteiger partial charge in [-0.3, -0.25) is 5.73 Å². The molecule has 70 valence electrons. The first-order chi connectivity index (χ1) is 5.99. The highest BCUT2D eigenvalue weighted by Crippen LogP contribution is 1.93. The van der Waals surface area contributed by atoms with Crippen LogP contribution < -0.4 is 10.6 Å². The topological polar surface area (TPSA) is 65.8 Å². The van der Waals surface area contributed by atoms with E-state index >= 15 is 0 Å². The maximum Gasteiger partial charge on any atom is 0.703 e. The van der Waals surface area contributed by atoms with Gasteiger partial charge in [0.05, 0.1) is 0 Å². The van der Waals surface area contributed by atoms with Crippen molar-refractivity contribution in [3.8, 4) is 0 Å². The van der Waals surface area contributed by atoms with Crippen molar-refractivity contribution in [1.29, 1.82) is 0 Å². The number of hydrogen-bond acceptors (Lipinski definition) is 2. The van der Waals surface area contributed by atoms with Crippen LogP contribution in [0.2, 0.25) is 0 Å². The van der Waals surface area contributed by atoms with Crippen LogP contribution in [0.15, 0.2) is 18.5 Å². The summed E-state index contributed by atoms with van der Waals surface area (Å²) >= 11 is 0. The summed E-state index contributed by atoms with van der Waals surface area (Å²) in [5.41, 5.74) is 5.06. The lowest BCUT2D eigenvalue weighted by Gasteiger charge is -2.03. The van der Waals surface area contributed by atoms with Gasteiger partial charge in [-0.1, -0.05) is 0 Å². The van der Waals surface area contributed by atoms with E-state index in [1.54, 1.807) is 0 Å². The van der Waals surface area contributed by atoms with E-state index in [1.807, 2.05) is 0 Å². The Morgan fingerprint density at radius 2 is 1.85 bits per heavy atom. The number of rotatable bonds is 2. The summed E-state index contributed by atoms with van der Waals surface area (Å²) in [6.45, 7) is 0. The highest BCUT2D eigenvalue weighted by molar-refractivity contribution is 6.48. The maximum absolute atomic E-state index is 11.8. The first-order valence-electron chi connectivity index (χ1n) is 3.36. The van der Waals surface area contributed by atoms with Gasteiger partial charge in [-0.25, -0.2) is 9.97 Å². The van der Waals surface area contributed by atoms with E-state index in [9.17, 15) is 12.9 Å². The molecule has 0 saturated carbocycles. The van der Waals surface area contributed by atoms with Crippen LogP contribution in [-0.2, 0) is 0 Å². The lowest BCUT2D eigenvalue weighted by Crippen LogP contribution is -2.88. The van der Waals surface area contributed by atoms with Crippen molar-refractivity contribution in [1.82, 2.24) is 9.97 Å². The molecule has 8 heteroatoms. The number of nitrogens with two attached hydrogens (primary N) is 1. The van der Waals surface area contributed by atoms with Gasteiger partial charge in [0, 0.05) is 12.4 Å². The molecule has 0 aliphatic carbocycles. The number of nitrogens with one attached hydrogen (secondary N) is 1. The summed E-state index contributed by atoms with van der Waals surface area (Å²) in [5, 5.41) is 0. The number of nitrogen functional groups attached to an aromatic ring is 1. The third-order valence-electron chi connectivity index (χ3n) is 1.13.